The van der Waals surface area contributed by atoms with Gasteiger partial charge in [-0.3, -0.25) is 0 Å². The lowest BCUT2D eigenvalue weighted by Crippen LogP contribution is -2.42. The van der Waals surface area contributed by atoms with Gasteiger partial charge in [-0.1, -0.05) is 0 Å². The fraction of sp³-hybridized carbons (Fsp3) is 0.400. The number of anilines is 1. The summed E-state index contributed by atoms with van der Waals surface area (Å²) in [5.74, 6) is -0.932. The molecule has 1 saturated heterocycles. The Morgan fingerprint density at radius 2 is 2.38 bits per heavy atom. The quantitative estimate of drug-likeness (QED) is 0.828. The van der Waals surface area contributed by atoms with Crippen LogP contribution in [0.3, 0.4) is 0 Å². The average molecular weight is 240 g/mol. The molecule has 2 amide bonds. The Bertz CT molecular complexity index is 391. The van der Waals surface area contributed by atoms with E-state index < -0.39 is 12.0 Å². The fourth-order valence-electron chi connectivity index (χ4n) is 1.80. The van der Waals surface area contributed by atoms with E-state index in [0.717, 1.165) is 6.42 Å². The number of likely N-dealkylation sites (tertiary alicyclic amines) is 1. The van der Waals surface area contributed by atoms with Crippen LogP contribution in [0.2, 0.25) is 0 Å². The molecule has 1 aliphatic heterocycles. The van der Waals surface area contributed by atoms with E-state index in [9.17, 15) is 9.59 Å². The first-order valence-corrected chi connectivity index (χ1v) is 5.95. The van der Waals surface area contributed by atoms with Crippen LogP contribution in [0.15, 0.2) is 16.8 Å². The van der Waals surface area contributed by atoms with Crippen LogP contribution in [0.1, 0.15) is 12.8 Å². The lowest BCUT2D eigenvalue weighted by molar-refractivity contribution is -0.141. The Morgan fingerprint density at radius 1 is 1.56 bits per heavy atom. The number of aliphatic carboxylic acids is 1. The van der Waals surface area contributed by atoms with Gasteiger partial charge < -0.3 is 15.3 Å². The highest BCUT2D eigenvalue weighted by atomic mass is 32.1. The molecule has 0 aromatic carbocycles. The topological polar surface area (TPSA) is 69.6 Å². The van der Waals surface area contributed by atoms with Crippen molar-refractivity contribution < 1.29 is 14.7 Å². The minimum Gasteiger partial charge on any atom is -0.480 e. The van der Waals surface area contributed by atoms with Gasteiger partial charge in [-0.15, -0.1) is 0 Å². The van der Waals surface area contributed by atoms with Crippen molar-refractivity contribution in [2.24, 2.45) is 0 Å². The third kappa shape index (κ3) is 2.16. The summed E-state index contributed by atoms with van der Waals surface area (Å²) in [5, 5.41) is 15.3. The Hall–Kier alpha value is -1.56. The van der Waals surface area contributed by atoms with Crippen molar-refractivity contribution in [3.8, 4) is 0 Å². The maximum absolute atomic E-state index is 11.8. The van der Waals surface area contributed by atoms with Crippen molar-refractivity contribution in [2.75, 3.05) is 11.9 Å². The van der Waals surface area contributed by atoms with Crippen molar-refractivity contribution >= 4 is 29.0 Å². The van der Waals surface area contributed by atoms with Gasteiger partial charge in [0.05, 0.1) is 5.69 Å². The van der Waals surface area contributed by atoms with E-state index in [-0.39, 0.29) is 6.03 Å². The standard InChI is InChI=1S/C10H12N2O3S/c13-9(14)8-2-1-4-12(8)10(15)11-7-3-5-16-6-7/h3,5-6,8H,1-2,4H2,(H,11,15)(H,13,14)/t8-/m0/s1. The first-order valence-electron chi connectivity index (χ1n) is 5.01. The lowest BCUT2D eigenvalue weighted by Gasteiger charge is -2.21. The Kier molecular flexibility index (Phi) is 3.09. The molecule has 1 atom stereocenters. The molecule has 0 unspecified atom stereocenters. The molecular formula is C10H12N2O3S. The number of carboxylic acid groups (broad SMARTS) is 1. The molecule has 2 heterocycles. The minimum atomic E-state index is -0.932. The summed E-state index contributed by atoms with van der Waals surface area (Å²) < 4.78 is 0. The molecule has 1 aromatic rings. The highest BCUT2D eigenvalue weighted by Gasteiger charge is 2.33. The molecule has 5 nitrogen and oxygen atoms in total. The maximum atomic E-state index is 11.8. The summed E-state index contributed by atoms with van der Waals surface area (Å²) in [7, 11) is 0. The lowest BCUT2D eigenvalue weighted by atomic mass is 10.2. The van der Waals surface area contributed by atoms with Gasteiger partial charge >= 0.3 is 12.0 Å². The van der Waals surface area contributed by atoms with E-state index in [2.05, 4.69) is 5.32 Å². The Balaban J connectivity index is 2.01. The number of carboxylic acids is 1. The van der Waals surface area contributed by atoms with Gasteiger partial charge in [0.2, 0.25) is 0 Å². The second-order valence-corrected chi connectivity index (χ2v) is 4.41. The first-order chi connectivity index (χ1) is 7.68. The summed E-state index contributed by atoms with van der Waals surface area (Å²) in [4.78, 5) is 24.1. The normalized spacial score (nSPS) is 19.8. The number of urea groups is 1. The van der Waals surface area contributed by atoms with Gasteiger partial charge in [-0.05, 0) is 24.3 Å². The van der Waals surface area contributed by atoms with Gasteiger partial charge in [0, 0.05) is 11.9 Å². The number of rotatable bonds is 2. The molecule has 0 spiro atoms. The zero-order valence-corrected chi connectivity index (χ0v) is 9.37. The number of carbonyl (C=O) groups excluding carboxylic acids is 1. The summed E-state index contributed by atoms with van der Waals surface area (Å²) in [6.07, 6.45) is 1.28. The van der Waals surface area contributed by atoms with Gasteiger partial charge in [0.1, 0.15) is 6.04 Å². The Morgan fingerprint density at radius 3 is 3.00 bits per heavy atom. The molecule has 0 bridgehead atoms. The van der Waals surface area contributed by atoms with Gasteiger partial charge in [0.25, 0.3) is 0 Å². The highest BCUT2D eigenvalue weighted by molar-refractivity contribution is 7.08. The van der Waals surface area contributed by atoms with E-state index in [4.69, 9.17) is 5.11 Å². The predicted octanol–water partition coefficient (Wildman–Crippen LogP) is 1.83. The summed E-state index contributed by atoms with van der Waals surface area (Å²) in [6.45, 7) is 0.507. The van der Waals surface area contributed by atoms with E-state index in [1.807, 2.05) is 10.8 Å². The molecule has 16 heavy (non-hydrogen) atoms. The number of nitrogens with zero attached hydrogens (tertiary/aromatic N) is 1. The third-order valence-corrected chi connectivity index (χ3v) is 3.25. The minimum absolute atomic E-state index is 0.330. The van der Waals surface area contributed by atoms with Crippen molar-refractivity contribution in [2.45, 2.75) is 18.9 Å². The van der Waals surface area contributed by atoms with Crippen LogP contribution in [0.5, 0.6) is 0 Å². The van der Waals surface area contributed by atoms with Crippen LogP contribution < -0.4 is 5.32 Å². The average Bonchev–Trinajstić information content (AvgIpc) is 2.86. The zero-order valence-electron chi connectivity index (χ0n) is 8.55. The Labute approximate surface area is 96.7 Å². The monoisotopic (exact) mass is 240 g/mol. The largest absolute Gasteiger partial charge is 0.480 e. The van der Waals surface area contributed by atoms with Crippen LogP contribution >= 0.6 is 11.3 Å². The molecular weight excluding hydrogens is 228 g/mol. The third-order valence-electron chi connectivity index (χ3n) is 2.57. The van der Waals surface area contributed by atoms with E-state index in [0.29, 0.717) is 18.7 Å². The molecule has 6 heteroatoms. The van der Waals surface area contributed by atoms with Gasteiger partial charge in [-0.2, -0.15) is 11.3 Å². The second kappa shape index (κ2) is 4.52. The predicted molar refractivity (Wildman–Crippen MR) is 60.7 cm³/mol. The van der Waals surface area contributed by atoms with E-state index in [1.165, 1.54) is 16.2 Å². The van der Waals surface area contributed by atoms with Crippen LogP contribution in [0.4, 0.5) is 10.5 Å². The number of hydrogen-bond donors (Lipinski definition) is 2. The number of amides is 2. The van der Waals surface area contributed by atoms with Crippen LogP contribution in [0.25, 0.3) is 0 Å². The molecule has 2 rings (SSSR count). The molecule has 1 fully saturated rings. The molecule has 1 aromatic heterocycles. The second-order valence-electron chi connectivity index (χ2n) is 3.63. The number of carbonyl (C=O) groups is 2. The number of thiophene rings is 1. The maximum Gasteiger partial charge on any atom is 0.326 e. The van der Waals surface area contributed by atoms with Crippen LogP contribution in [-0.4, -0.2) is 34.6 Å². The van der Waals surface area contributed by atoms with Crippen molar-refractivity contribution in [3.05, 3.63) is 16.8 Å². The molecule has 0 radical (unpaired) electrons. The molecule has 0 saturated carbocycles. The summed E-state index contributed by atoms with van der Waals surface area (Å²) >= 11 is 1.48. The number of nitrogens with one attached hydrogen (secondary N) is 1. The van der Waals surface area contributed by atoms with Crippen molar-refractivity contribution in [1.29, 1.82) is 0 Å². The molecule has 2 N–H and O–H groups in total. The van der Waals surface area contributed by atoms with Gasteiger partial charge in [0.15, 0.2) is 0 Å². The summed E-state index contributed by atoms with van der Waals surface area (Å²) in [5.41, 5.74) is 0.714. The summed E-state index contributed by atoms with van der Waals surface area (Å²) in [6, 6.07) is 0.774. The van der Waals surface area contributed by atoms with Crippen molar-refractivity contribution in [3.63, 3.8) is 0 Å². The fourth-order valence-corrected chi connectivity index (χ4v) is 2.39. The van der Waals surface area contributed by atoms with Crippen molar-refractivity contribution in [1.82, 2.24) is 4.90 Å². The highest BCUT2D eigenvalue weighted by Crippen LogP contribution is 2.19. The van der Waals surface area contributed by atoms with E-state index >= 15 is 0 Å². The smallest absolute Gasteiger partial charge is 0.326 e. The first kappa shape index (κ1) is 10.9. The molecule has 86 valence electrons. The van der Waals surface area contributed by atoms with Gasteiger partial charge in [-0.25, -0.2) is 9.59 Å². The van der Waals surface area contributed by atoms with E-state index in [1.54, 1.807) is 6.07 Å². The molecule has 0 aliphatic carbocycles. The SMILES string of the molecule is O=C(O)[C@@H]1CCCN1C(=O)Nc1ccsc1. The van der Waals surface area contributed by atoms with Crippen LogP contribution in [0, 0.1) is 0 Å². The zero-order chi connectivity index (χ0) is 11.5. The molecule has 1 aliphatic rings. The van der Waals surface area contributed by atoms with Crippen LogP contribution in [-0.2, 0) is 4.79 Å². The number of hydrogen-bond acceptors (Lipinski definition) is 3.